The van der Waals surface area contributed by atoms with E-state index < -0.39 is 33.6 Å². The van der Waals surface area contributed by atoms with Gasteiger partial charge < -0.3 is 15.0 Å². The number of nitrogens with one attached hydrogen (secondary N) is 1. The van der Waals surface area contributed by atoms with Crippen LogP contribution >= 0.6 is 11.3 Å². The van der Waals surface area contributed by atoms with Crippen LogP contribution < -0.4 is 10.9 Å². The number of alkyl halides is 3. The van der Waals surface area contributed by atoms with Crippen LogP contribution in [0.1, 0.15) is 50.3 Å². The first-order valence-corrected chi connectivity index (χ1v) is 13.4. The number of aryl methyl sites for hydroxylation is 1. The predicted octanol–water partition coefficient (Wildman–Crippen LogP) is 3.80. The minimum atomic E-state index is -5.08. The lowest BCUT2D eigenvalue weighted by Crippen LogP contribution is -2.36. The van der Waals surface area contributed by atoms with Gasteiger partial charge >= 0.3 is 12.1 Å². The maximum Gasteiger partial charge on any atom is 0.490 e. The molecule has 0 saturated heterocycles. The molecule has 0 aliphatic heterocycles. The highest BCUT2D eigenvalue weighted by atomic mass is 32.2. The van der Waals surface area contributed by atoms with Crippen molar-refractivity contribution in [1.29, 1.82) is 0 Å². The quantitative estimate of drug-likeness (QED) is 0.572. The smallest absolute Gasteiger partial charge is 0.475 e. The number of aromatic nitrogens is 2. The van der Waals surface area contributed by atoms with Gasteiger partial charge in [-0.05, 0) is 25.3 Å². The van der Waals surface area contributed by atoms with Gasteiger partial charge in [0.15, 0.2) is 15.0 Å². The Hall–Kier alpha value is -2.74. The summed E-state index contributed by atoms with van der Waals surface area (Å²) < 4.78 is 56.9. The van der Waals surface area contributed by atoms with Crippen LogP contribution in [0.15, 0.2) is 33.4 Å². The van der Waals surface area contributed by atoms with Gasteiger partial charge in [-0.25, -0.2) is 18.2 Å². The van der Waals surface area contributed by atoms with Crippen molar-refractivity contribution in [2.45, 2.75) is 62.6 Å². The van der Waals surface area contributed by atoms with Crippen molar-refractivity contribution in [2.75, 3.05) is 11.6 Å². The largest absolute Gasteiger partial charge is 0.490 e. The molecule has 0 spiro atoms. The number of nitrogens with zero attached hydrogens (tertiary/aromatic N) is 2. The lowest BCUT2D eigenvalue weighted by molar-refractivity contribution is -0.192. The molecule has 1 fully saturated rings. The van der Waals surface area contributed by atoms with E-state index in [1.165, 1.54) is 28.4 Å². The summed E-state index contributed by atoms with van der Waals surface area (Å²) in [6, 6.07) is 1.86. The molecular weight excluding hydrogens is 511 g/mol. The van der Waals surface area contributed by atoms with Crippen molar-refractivity contribution in [3.63, 3.8) is 0 Å². The molecule has 194 valence electrons. The summed E-state index contributed by atoms with van der Waals surface area (Å²) in [5, 5.41) is 12.2. The number of rotatable bonds is 6. The highest BCUT2D eigenvalue weighted by molar-refractivity contribution is 7.90. The molecule has 1 unspecified atom stereocenters. The fourth-order valence-corrected chi connectivity index (χ4v) is 5.07. The number of carbonyl (C=O) groups is 2. The fraction of sp³-hybridized carbons (Fsp3) is 0.524. The first-order valence-electron chi connectivity index (χ1n) is 10.6. The lowest BCUT2D eigenvalue weighted by atomic mass is 9.84. The number of hydrogen-bond acceptors (Lipinski definition) is 7. The number of thiazole rings is 1. The van der Waals surface area contributed by atoms with Gasteiger partial charge in [0.1, 0.15) is 6.04 Å². The highest BCUT2D eigenvalue weighted by Gasteiger charge is 2.38. The van der Waals surface area contributed by atoms with Gasteiger partial charge in [-0.1, -0.05) is 32.1 Å². The molecule has 9 nitrogen and oxygen atoms in total. The number of sulfone groups is 1. The van der Waals surface area contributed by atoms with E-state index in [-0.39, 0.29) is 10.8 Å². The van der Waals surface area contributed by atoms with Crippen LogP contribution in [-0.4, -0.2) is 47.4 Å². The summed E-state index contributed by atoms with van der Waals surface area (Å²) in [6.07, 6.45) is 3.69. The van der Waals surface area contributed by atoms with Crippen LogP contribution in [0.4, 0.5) is 18.3 Å². The average Bonchev–Trinajstić information content (AvgIpc) is 3.25. The number of aliphatic carboxylic acids is 1. The van der Waals surface area contributed by atoms with Gasteiger partial charge in [0, 0.05) is 29.6 Å². The summed E-state index contributed by atoms with van der Waals surface area (Å²) in [6.45, 7) is 1.67. The molecule has 1 saturated carbocycles. The lowest BCUT2D eigenvalue weighted by Gasteiger charge is -2.28. The Morgan fingerprint density at radius 2 is 1.86 bits per heavy atom. The molecule has 2 aromatic heterocycles. The molecule has 2 heterocycles. The van der Waals surface area contributed by atoms with Crippen molar-refractivity contribution in [3.8, 4) is 0 Å². The van der Waals surface area contributed by atoms with E-state index in [9.17, 15) is 31.2 Å². The van der Waals surface area contributed by atoms with E-state index in [0.29, 0.717) is 23.2 Å². The highest BCUT2D eigenvalue weighted by Crippen LogP contribution is 2.32. The molecule has 0 radical (unpaired) electrons. The molecule has 0 bridgehead atoms. The summed E-state index contributed by atoms with van der Waals surface area (Å²) in [4.78, 5) is 38.8. The van der Waals surface area contributed by atoms with E-state index in [4.69, 9.17) is 9.90 Å². The average molecular weight is 538 g/mol. The Labute approximate surface area is 203 Å². The maximum atomic E-state index is 13.0. The molecule has 1 atom stereocenters. The van der Waals surface area contributed by atoms with E-state index >= 15 is 0 Å². The normalized spacial score (nSPS) is 15.6. The van der Waals surface area contributed by atoms with Gasteiger partial charge in [0.25, 0.3) is 5.56 Å². The van der Waals surface area contributed by atoms with Gasteiger partial charge in [-0.15, -0.1) is 11.3 Å². The van der Waals surface area contributed by atoms with Gasteiger partial charge in [0.05, 0.1) is 4.90 Å². The van der Waals surface area contributed by atoms with E-state index in [0.717, 1.165) is 38.0 Å². The molecule has 0 aromatic carbocycles. The number of carboxylic acids is 1. The second kappa shape index (κ2) is 11.8. The van der Waals surface area contributed by atoms with E-state index in [1.807, 2.05) is 0 Å². The Morgan fingerprint density at radius 3 is 2.31 bits per heavy atom. The Balaban J connectivity index is 0.000000540. The summed E-state index contributed by atoms with van der Waals surface area (Å²) in [7, 11) is -3.50. The minimum absolute atomic E-state index is 0.0250. The van der Waals surface area contributed by atoms with Crippen LogP contribution in [0.3, 0.4) is 0 Å². The first-order chi connectivity index (χ1) is 16.2. The molecular formula is C21H26F3N3O6S2. The number of hydrogen-bond donors (Lipinski definition) is 2. The second-order valence-electron chi connectivity index (χ2n) is 8.20. The van der Waals surface area contributed by atoms with Crippen LogP contribution in [0.2, 0.25) is 0 Å². The number of amides is 1. The van der Waals surface area contributed by atoms with Crippen LogP contribution in [0.5, 0.6) is 0 Å². The van der Waals surface area contributed by atoms with Crippen molar-refractivity contribution in [2.24, 2.45) is 5.92 Å². The monoisotopic (exact) mass is 537 g/mol. The van der Waals surface area contributed by atoms with Crippen molar-refractivity contribution >= 4 is 38.2 Å². The van der Waals surface area contributed by atoms with Crippen molar-refractivity contribution in [1.82, 2.24) is 9.55 Å². The van der Waals surface area contributed by atoms with Gasteiger partial charge in [0.2, 0.25) is 5.91 Å². The Morgan fingerprint density at radius 1 is 1.26 bits per heavy atom. The zero-order valence-corrected chi connectivity index (χ0v) is 20.7. The molecule has 3 rings (SSSR count). The zero-order chi connectivity index (χ0) is 26.4. The topological polar surface area (TPSA) is 135 Å². The van der Waals surface area contributed by atoms with Crippen LogP contribution in [0, 0.1) is 12.8 Å². The van der Waals surface area contributed by atoms with Crippen molar-refractivity contribution in [3.05, 3.63) is 39.8 Å². The number of carbonyl (C=O) groups excluding carboxylic acids is 1. The molecule has 2 N–H and O–H groups in total. The standard InChI is InChI=1S/C19H25N3O4S2.C2HF3O2/c1-13-10-15(28(2,25)26)12-17(23)22(13)16(11-14-6-4-3-5-7-14)18(24)21-19-20-8-9-27-19;3-2(4,5)1(6)7/h8-10,12,14,16H,3-7,11H2,1-2H3,(H,20,21,24);(H,6,7). The maximum absolute atomic E-state index is 13.0. The summed E-state index contributed by atoms with van der Waals surface area (Å²) in [5.74, 6) is -2.69. The van der Waals surface area contributed by atoms with Crippen LogP contribution in [-0.2, 0) is 19.4 Å². The minimum Gasteiger partial charge on any atom is -0.475 e. The number of carboxylic acid groups (broad SMARTS) is 1. The molecule has 35 heavy (non-hydrogen) atoms. The Kier molecular flexibility index (Phi) is 9.60. The molecule has 1 aliphatic carbocycles. The van der Waals surface area contributed by atoms with Crippen molar-refractivity contribution < 1.29 is 36.3 Å². The third kappa shape index (κ3) is 8.46. The third-order valence-electron chi connectivity index (χ3n) is 5.46. The van der Waals surface area contributed by atoms with E-state index in [1.54, 1.807) is 18.5 Å². The first kappa shape index (κ1) is 28.5. The summed E-state index contributed by atoms with van der Waals surface area (Å²) in [5.41, 5.74) is -0.0152. The SMILES string of the molecule is Cc1cc(S(C)(=O)=O)cc(=O)n1C(CC1CCCCC1)C(=O)Nc1nccs1.O=C(O)C(F)(F)F. The Bertz CT molecular complexity index is 1190. The van der Waals surface area contributed by atoms with Gasteiger partial charge in [-0.2, -0.15) is 13.2 Å². The third-order valence-corrected chi connectivity index (χ3v) is 7.24. The molecule has 1 aliphatic rings. The fourth-order valence-electron chi connectivity index (χ4n) is 3.84. The van der Waals surface area contributed by atoms with E-state index in [2.05, 4.69) is 10.3 Å². The van der Waals surface area contributed by atoms with Crippen LogP contribution in [0.25, 0.3) is 0 Å². The van der Waals surface area contributed by atoms with Gasteiger partial charge in [-0.3, -0.25) is 9.59 Å². The number of pyridine rings is 1. The molecule has 14 heteroatoms. The molecule has 2 aromatic rings. The zero-order valence-electron chi connectivity index (χ0n) is 19.0. The predicted molar refractivity (Wildman–Crippen MR) is 123 cm³/mol. The molecule has 1 amide bonds. The second-order valence-corrected chi connectivity index (χ2v) is 11.1. The number of halogens is 3. The number of anilines is 1. The summed E-state index contributed by atoms with van der Waals surface area (Å²) >= 11 is 1.31.